The second-order valence-corrected chi connectivity index (χ2v) is 4.35. The zero-order chi connectivity index (χ0) is 13.7. The van der Waals surface area contributed by atoms with E-state index in [-0.39, 0.29) is 11.9 Å². The second kappa shape index (κ2) is 6.00. The minimum absolute atomic E-state index is 0.159. The number of hydrogen-bond donors (Lipinski definition) is 1. The lowest BCUT2D eigenvalue weighted by atomic mass is 10.1. The predicted molar refractivity (Wildman–Crippen MR) is 74.4 cm³/mol. The van der Waals surface area contributed by atoms with Gasteiger partial charge in [-0.1, -0.05) is 36.9 Å². The van der Waals surface area contributed by atoms with Crippen LogP contribution in [0.5, 0.6) is 0 Å². The molecule has 0 aliphatic heterocycles. The van der Waals surface area contributed by atoms with Crippen LogP contribution in [0.4, 0.5) is 0 Å². The summed E-state index contributed by atoms with van der Waals surface area (Å²) in [4.78, 5) is 15.9. The lowest BCUT2D eigenvalue weighted by molar-refractivity contribution is -0.117. The maximum Gasteiger partial charge on any atom is 0.243 e. The van der Waals surface area contributed by atoms with E-state index < -0.39 is 0 Å². The topological polar surface area (TPSA) is 46.9 Å². The Bertz CT molecular complexity index is 560. The third-order valence-corrected chi connectivity index (χ3v) is 2.95. The highest BCUT2D eigenvalue weighted by Gasteiger charge is 2.17. The molecular weight excluding hydrogens is 238 g/mol. The van der Waals surface area contributed by atoms with Gasteiger partial charge in [-0.3, -0.25) is 4.79 Å². The van der Waals surface area contributed by atoms with E-state index in [0.717, 1.165) is 11.4 Å². The first-order chi connectivity index (χ1) is 9.20. The summed E-state index contributed by atoms with van der Waals surface area (Å²) in [5, 5.41) is 2.92. The number of carbonyl (C=O) groups is 1. The number of aromatic nitrogens is 2. The molecule has 98 valence electrons. The first-order valence-corrected chi connectivity index (χ1v) is 6.15. The molecule has 2 rings (SSSR count). The molecule has 1 aromatic heterocycles. The van der Waals surface area contributed by atoms with Crippen LogP contribution in [0, 0.1) is 0 Å². The van der Waals surface area contributed by atoms with Gasteiger partial charge in [-0.25, -0.2) is 4.98 Å². The molecule has 0 spiro atoms. The minimum Gasteiger partial charge on any atom is -0.342 e. The van der Waals surface area contributed by atoms with Gasteiger partial charge in [-0.2, -0.15) is 0 Å². The first-order valence-electron chi connectivity index (χ1n) is 6.15. The van der Waals surface area contributed by atoms with Gasteiger partial charge in [0.1, 0.15) is 5.82 Å². The fourth-order valence-electron chi connectivity index (χ4n) is 2.00. The monoisotopic (exact) mass is 255 g/mol. The molecule has 1 N–H and O–H groups in total. The van der Waals surface area contributed by atoms with Crippen LogP contribution in [0.15, 0.2) is 55.4 Å². The molecule has 0 aliphatic carbocycles. The standard InChI is InChI=1S/C15H17N3O/c1-3-14(19)17-13(15-16-9-10-18(15)2)11-12-7-5-4-6-8-12/h3-10,13H,1,11H2,2H3,(H,17,19). The van der Waals surface area contributed by atoms with E-state index in [4.69, 9.17) is 0 Å². The fourth-order valence-corrected chi connectivity index (χ4v) is 2.00. The Balaban J connectivity index is 2.22. The third kappa shape index (κ3) is 3.31. The van der Waals surface area contributed by atoms with Gasteiger partial charge in [0.15, 0.2) is 0 Å². The number of rotatable bonds is 5. The quantitative estimate of drug-likeness (QED) is 0.831. The van der Waals surface area contributed by atoms with E-state index in [1.165, 1.54) is 6.08 Å². The van der Waals surface area contributed by atoms with E-state index >= 15 is 0 Å². The molecule has 1 atom stereocenters. The molecule has 1 amide bonds. The third-order valence-electron chi connectivity index (χ3n) is 2.95. The average molecular weight is 255 g/mol. The average Bonchev–Trinajstić information content (AvgIpc) is 2.85. The number of aryl methyl sites for hydroxylation is 1. The van der Waals surface area contributed by atoms with Gasteiger partial charge in [0.25, 0.3) is 0 Å². The van der Waals surface area contributed by atoms with E-state index in [1.54, 1.807) is 6.20 Å². The second-order valence-electron chi connectivity index (χ2n) is 4.35. The molecule has 0 saturated carbocycles. The molecule has 0 aliphatic rings. The van der Waals surface area contributed by atoms with Crippen LogP contribution in [0.1, 0.15) is 17.4 Å². The Morgan fingerprint density at radius 1 is 1.47 bits per heavy atom. The van der Waals surface area contributed by atoms with Crippen molar-refractivity contribution in [3.05, 3.63) is 66.8 Å². The summed E-state index contributed by atoms with van der Waals surface area (Å²) in [5.74, 6) is 0.642. The largest absolute Gasteiger partial charge is 0.342 e. The highest BCUT2D eigenvalue weighted by Crippen LogP contribution is 2.16. The summed E-state index contributed by atoms with van der Waals surface area (Å²) in [6.45, 7) is 3.49. The van der Waals surface area contributed by atoms with Gasteiger partial charge in [-0.05, 0) is 18.1 Å². The summed E-state index contributed by atoms with van der Waals surface area (Å²) in [7, 11) is 1.92. The molecule has 1 aromatic carbocycles. The first kappa shape index (κ1) is 13.1. The lowest BCUT2D eigenvalue weighted by Gasteiger charge is -2.17. The maximum atomic E-state index is 11.6. The molecule has 1 heterocycles. The van der Waals surface area contributed by atoms with Crippen LogP contribution in [-0.4, -0.2) is 15.5 Å². The number of hydrogen-bond acceptors (Lipinski definition) is 2. The summed E-state index contributed by atoms with van der Waals surface area (Å²) in [6.07, 6.45) is 5.58. The van der Waals surface area contributed by atoms with Crippen molar-refractivity contribution in [1.82, 2.24) is 14.9 Å². The van der Waals surface area contributed by atoms with Gasteiger partial charge in [0.2, 0.25) is 5.91 Å². The Hall–Kier alpha value is -2.36. The summed E-state index contributed by atoms with van der Waals surface area (Å²) in [6, 6.07) is 9.86. The number of benzene rings is 1. The molecule has 0 fully saturated rings. The Morgan fingerprint density at radius 2 is 2.21 bits per heavy atom. The number of nitrogens with zero attached hydrogens (tertiary/aromatic N) is 2. The maximum absolute atomic E-state index is 11.6. The zero-order valence-electron chi connectivity index (χ0n) is 10.9. The van der Waals surface area contributed by atoms with Crippen molar-refractivity contribution < 1.29 is 4.79 Å². The van der Waals surface area contributed by atoms with Gasteiger partial charge in [0, 0.05) is 19.4 Å². The van der Waals surface area contributed by atoms with Gasteiger partial charge in [0.05, 0.1) is 6.04 Å². The molecule has 4 nitrogen and oxygen atoms in total. The molecule has 1 unspecified atom stereocenters. The van der Waals surface area contributed by atoms with Crippen LogP contribution >= 0.6 is 0 Å². The SMILES string of the molecule is C=CC(=O)NC(Cc1ccccc1)c1nccn1C. The number of nitrogens with one attached hydrogen (secondary N) is 1. The summed E-state index contributed by atoms with van der Waals surface area (Å²) >= 11 is 0. The van der Waals surface area contributed by atoms with Crippen molar-refractivity contribution in [2.24, 2.45) is 7.05 Å². The predicted octanol–water partition coefficient (Wildman–Crippen LogP) is 2.01. The van der Waals surface area contributed by atoms with Gasteiger partial charge < -0.3 is 9.88 Å². The van der Waals surface area contributed by atoms with Crippen molar-refractivity contribution in [3.8, 4) is 0 Å². The lowest BCUT2D eigenvalue weighted by Crippen LogP contribution is -2.30. The smallest absolute Gasteiger partial charge is 0.243 e. The number of amides is 1. The fraction of sp³-hybridized carbons (Fsp3) is 0.200. The van der Waals surface area contributed by atoms with E-state index in [9.17, 15) is 4.79 Å². The molecule has 0 radical (unpaired) electrons. The molecule has 4 heteroatoms. The Kier molecular flexibility index (Phi) is 4.13. The van der Waals surface area contributed by atoms with Crippen molar-refractivity contribution in [1.29, 1.82) is 0 Å². The van der Waals surface area contributed by atoms with Gasteiger partial charge >= 0.3 is 0 Å². The van der Waals surface area contributed by atoms with E-state index in [0.29, 0.717) is 6.42 Å². The summed E-state index contributed by atoms with van der Waals surface area (Å²) < 4.78 is 1.91. The summed E-state index contributed by atoms with van der Waals surface area (Å²) in [5.41, 5.74) is 1.15. The molecular formula is C15H17N3O. The molecule has 2 aromatic rings. The van der Waals surface area contributed by atoms with Crippen molar-refractivity contribution in [2.75, 3.05) is 0 Å². The molecule has 19 heavy (non-hydrogen) atoms. The normalized spacial score (nSPS) is 11.8. The highest BCUT2D eigenvalue weighted by molar-refractivity contribution is 5.87. The Morgan fingerprint density at radius 3 is 2.79 bits per heavy atom. The van der Waals surface area contributed by atoms with E-state index in [1.807, 2.05) is 48.1 Å². The van der Waals surface area contributed by atoms with Crippen LogP contribution in [0.25, 0.3) is 0 Å². The van der Waals surface area contributed by atoms with Crippen LogP contribution in [0.3, 0.4) is 0 Å². The van der Waals surface area contributed by atoms with Gasteiger partial charge in [-0.15, -0.1) is 0 Å². The molecule has 0 bridgehead atoms. The van der Waals surface area contributed by atoms with Crippen molar-refractivity contribution in [3.63, 3.8) is 0 Å². The number of carbonyl (C=O) groups excluding carboxylic acids is 1. The van der Waals surface area contributed by atoms with Crippen molar-refractivity contribution in [2.45, 2.75) is 12.5 Å². The highest BCUT2D eigenvalue weighted by atomic mass is 16.1. The van der Waals surface area contributed by atoms with Crippen LogP contribution < -0.4 is 5.32 Å². The molecule has 0 saturated heterocycles. The Labute approximate surface area is 112 Å². The van der Waals surface area contributed by atoms with Crippen LogP contribution in [0.2, 0.25) is 0 Å². The zero-order valence-corrected chi connectivity index (χ0v) is 10.9. The number of imidazole rings is 1. The minimum atomic E-state index is -0.191. The van der Waals surface area contributed by atoms with E-state index in [2.05, 4.69) is 16.9 Å². The van der Waals surface area contributed by atoms with Crippen molar-refractivity contribution >= 4 is 5.91 Å². The van der Waals surface area contributed by atoms with Crippen LogP contribution in [-0.2, 0) is 18.3 Å².